The smallest absolute Gasteiger partial charge is 0.309 e. The van der Waals surface area contributed by atoms with E-state index in [1.54, 1.807) is 0 Å². The zero-order chi connectivity index (χ0) is 27.8. The average molecular weight is 548 g/mol. The van der Waals surface area contributed by atoms with Crippen molar-refractivity contribution in [1.29, 1.82) is 0 Å². The SMILES string of the molecule is CNCCC(C)C(=O)OCCC[Si](C)(C)O[Si](C)(C)CCCOC(=O)C(C)CNC(C)CCC(C)N. The van der Waals surface area contributed by atoms with E-state index in [1.807, 2.05) is 27.8 Å². The lowest BCUT2D eigenvalue weighted by molar-refractivity contribution is -0.148. The zero-order valence-corrected chi connectivity index (χ0v) is 26.7. The fourth-order valence-corrected chi connectivity index (χ4v) is 12.8. The van der Waals surface area contributed by atoms with Crippen molar-refractivity contribution in [1.82, 2.24) is 10.6 Å². The highest BCUT2D eigenvalue weighted by Gasteiger charge is 2.32. The molecule has 4 unspecified atom stereocenters. The van der Waals surface area contributed by atoms with E-state index < -0.39 is 16.6 Å². The molecule has 0 saturated heterocycles. The Morgan fingerprint density at radius 1 is 0.806 bits per heavy atom. The van der Waals surface area contributed by atoms with Gasteiger partial charge in [0.1, 0.15) is 0 Å². The summed E-state index contributed by atoms with van der Waals surface area (Å²) < 4.78 is 17.6. The third-order valence-corrected chi connectivity index (χ3v) is 13.9. The Labute approximate surface area is 223 Å². The van der Waals surface area contributed by atoms with Crippen molar-refractivity contribution in [3.63, 3.8) is 0 Å². The summed E-state index contributed by atoms with van der Waals surface area (Å²) >= 11 is 0. The summed E-state index contributed by atoms with van der Waals surface area (Å²) in [7, 11) is -1.84. The maximum Gasteiger partial charge on any atom is 0.309 e. The minimum Gasteiger partial charge on any atom is -0.465 e. The molecule has 0 heterocycles. The van der Waals surface area contributed by atoms with Crippen LogP contribution >= 0.6 is 0 Å². The van der Waals surface area contributed by atoms with Crippen LogP contribution < -0.4 is 16.4 Å². The van der Waals surface area contributed by atoms with Crippen LogP contribution in [-0.2, 0) is 23.2 Å². The highest BCUT2D eigenvalue weighted by atomic mass is 28.4. The highest BCUT2D eigenvalue weighted by Crippen LogP contribution is 2.24. The van der Waals surface area contributed by atoms with Gasteiger partial charge in [-0.3, -0.25) is 9.59 Å². The van der Waals surface area contributed by atoms with Gasteiger partial charge in [0.2, 0.25) is 0 Å². The Bertz CT molecular complexity index is 620. The summed E-state index contributed by atoms with van der Waals surface area (Å²) in [5, 5.41) is 6.47. The van der Waals surface area contributed by atoms with Crippen LogP contribution in [0.25, 0.3) is 0 Å². The maximum atomic E-state index is 12.3. The molecular formula is C26H57N3O5Si2. The Morgan fingerprint density at radius 2 is 1.31 bits per heavy atom. The second-order valence-electron chi connectivity index (χ2n) is 11.7. The third kappa shape index (κ3) is 18.5. The van der Waals surface area contributed by atoms with E-state index in [2.05, 4.69) is 43.7 Å². The minimum atomic E-state index is -1.87. The van der Waals surface area contributed by atoms with Crippen molar-refractivity contribution in [3.05, 3.63) is 0 Å². The minimum absolute atomic E-state index is 0.0764. The number of carbonyl (C=O) groups is 2. The van der Waals surface area contributed by atoms with Crippen LogP contribution in [0, 0.1) is 11.8 Å². The lowest BCUT2D eigenvalue weighted by atomic mass is 10.1. The fraction of sp³-hybridized carbons (Fsp3) is 0.923. The Kier molecular flexibility index (Phi) is 18.1. The standard InChI is InChI=1S/C26H57N3O5Si2/c1-21(14-15-28-5)25(30)32-16-10-18-35(6,7)34-36(8,9)19-11-17-33-26(31)22(2)20-29-24(4)13-12-23(3)27/h21-24,28-29H,10-20,27H2,1-9H3. The van der Waals surface area contributed by atoms with E-state index >= 15 is 0 Å². The molecule has 0 bridgehead atoms. The van der Waals surface area contributed by atoms with Crippen molar-refractivity contribution >= 4 is 28.6 Å². The van der Waals surface area contributed by atoms with Crippen molar-refractivity contribution in [3.8, 4) is 0 Å². The van der Waals surface area contributed by atoms with E-state index in [9.17, 15) is 9.59 Å². The molecule has 0 aromatic heterocycles. The van der Waals surface area contributed by atoms with Gasteiger partial charge in [0, 0.05) is 18.6 Å². The molecule has 214 valence electrons. The first-order valence-corrected chi connectivity index (χ1v) is 20.1. The Morgan fingerprint density at radius 3 is 1.78 bits per heavy atom. The first-order chi connectivity index (χ1) is 16.7. The van der Waals surface area contributed by atoms with Crippen molar-refractivity contribution in [2.75, 3.05) is 33.4 Å². The van der Waals surface area contributed by atoms with Crippen LogP contribution in [0.4, 0.5) is 0 Å². The monoisotopic (exact) mass is 547 g/mol. The number of ether oxygens (including phenoxy) is 2. The predicted octanol–water partition coefficient (Wildman–Crippen LogP) is 4.27. The van der Waals surface area contributed by atoms with Gasteiger partial charge in [0.25, 0.3) is 0 Å². The summed E-state index contributed by atoms with van der Waals surface area (Å²) in [5.74, 6) is -0.508. The third-order valence-electron chi connectivity index (χ3n) is 6.35. The second-order valence-corrected chi connectivity index (χ2v) is 20.6. The Balaban J connectivity index is 4.17. The molecule has 0 fully saturated rings. The number of rotatable bonds is 21. The molecule has 0 aromatic carbocycles. The number of nitrogens with one attached hydrogen (secondary N) is 2. The fourth-order valence-electron chi connectivity index (χ4n) is 4.03. The van der Waals surface area contributed by atoms with Gasteiger partial charge in [-0.15, -0.1) is 0 Å². The van der Waals surface area contributed by atoms with E-state index in [0.717, 1.165) is 50.7 Å². The van der Waals surface area contributed by atoms with Crippen molar-refractivity contribution in [2.24, 2.45) is 17.6 Å². The van der Waals surface area contributed by atoms with Crippen LogP contribution in [0.15, 0.2) is 0 Å². The summed E-state index contributed by atoms with van der Waals surface area (Å²) in [4.78, 5) is 24.4. The predicted molar refractivity (Wildman–Crippen MR) is 154 cm³/mol. The lowest BCUT2D eigenvalue weighted by Crippen LogP contribution is -2.44. The molecular weight excluding hydrogens is 490 g/mol. The van der Waals surface area contributed by atoms with E-state index in [4.69, 9.17) is 19.3 Å². The normalized spacial score (nSPS) is 15.7. The first kappa shape index (κ1) is 35.2. The van der Waals surface area contributed by atoms with Gasteiger partial charge in [-0.05, 0) is 97.8 Å². The lowest BCUT2D eigenvalue weighted by Gasteiger charge is -2.34. The molecule has 0 aliphatic rings. The summed E-state index contributed by atoms with van der Waals surface area (Å²) in [5.41, 5.74) is 5.81. The zero-order valence-electron chi connectivity index (χ0n) is 24.7. The molecule has 0 aliphatic heterocycles. The largest absolute Gasteiger partial charge is 0.465 e. The number of hydrogen-bond acceptors (Lipinski definition) is 8. The first-order valence-electron chi connectivity index (χ1n) is 13.9. The molecule has 0 aromatic rings. The molecule has 0 spiro atoms. The van der Waals surface area contributed by atoms with Gasteiger partial charge in [0.05, 0.1) is 25.0 Å². The molecule has 0 saturated carbocycles. The van der Waals surface area contributed by atoms with Crippen LogP contribution in [0.1, 0.15) is 59.8 Å². The number of hydrogen-bond donors (Lipinski definition) is 3. The molecule has 0 aliphatic carbocycles. The van der Waals surface area contributed by atoms with Crippen molar-refractivity contribution in [2.45, 2.75) is 110 Å². The van der Waals surface area contributed by atoms with Crippen LogP contribution in [-0.4, -0.2) is 74.0 Å². The van der Waals surface area contributed by atoms with Crippen LogP contribution in [0.3, 0.4) is 0 Å². The summed E-state index contributed by atoms with van der Waals surface area (Å²) in [6.07, 6.45) is 4.42. The average Bonchev–Trinajstić information content (AvgIpc) is 2.78. The molecule has 36 heavy (non-hydrogen) atoms. The van der Waals surface area contributed by atoms with Gasteiger partial charge in [-0.1, -0.05) is 13.8 Å². The van der Waals surface area contributed by atoms with Gasteiger partial charge < -0.3 is 30.0 Å². The molecule has 0 radical (unpaired) electrons. The van der Waals surface area contributed by atoms with Gasteiger partial charge in [0.15, 0.2) is 16.6 Å². The second kappa shape index (κ2) is 18.5. The van der Waals surface area contributed by atoms with Crippen LogP contribution in [0.2, 0.25) is 38.3 Å². The van der Waals surface area contributed by atoms with Gasteiger partial charge in [-0.25, -0.2) is 0 Å². The molecule has 0 amide bonds. The van der Waals surface area contributed by atoms with E-state index in [0.29, 0.717) is 25.8 Å². The molecule has 10 heteroatoms. The number of carbonyl (C=O) groups excluding carboxylic acids is 2. The van der Waals surface area contributed by atoms with Crippen molar-refractivity contribution < 1.29 is 23.2 Å². The van der Waals surface area contributed by atoms with Gasteiger partial charge >= 0.3 is 11.9 Å². The summed E-state index contributed by atoms with van der Waals surface area (Å²) in [6.45, 7) is 19.2. The molecule has 8 nitrogen and oxygen atoms in total. The Hall–Kier alpha value is -0.786. The number of nitrogens with two attached hydrogens (primary N) is 1. The number of esters is 2. The van der Waals surface area contributed by atoms with Crippen LogP contribution in [0.5, 0.6) is 0 Å². The topological polar surface area (TPSA) is 112 Å². The molecule has 4 atom stereocenters. The summed E-state index contributed by atoms with van der Waals surface area (Å²) in [6, 6.07) is 2.45. The van der Waals surface area contributed by atoms with Gasteiger partial charge in [-0.2, -0.15) is 0 Å². The molecule has 4 N–H and O–H groups in total. The highest BCUT2D eigenvalue weighted by molar-refractivity contribution is 6.84. The molecule has 0 rings (SSSR count). The quantitative estimate of drug-likeness (QED) is 0.111. The van der Waals surface area contributed by atoms with E-state index in [-0.39, 0.29) is 29.8 Å². The van der Waals surface area contributed by atoms with E-state index in [1.165, 1.54) is 0 Å². The maximum absolute atomic E-state index is 12.3.